The molecule has 2 aromatic rings. The van der Waals surface area contributed by atoms with Crippen molar-refractivity contribution in [1.82, 2.24) is 20.4 Å². The number of carbonyl (C=O) groups is 2. The number of aliphatic carboxylic acids is 1. The van der Waals surface area contributed by atoms with E-state index in [1.165, 1.54) is 11.6 Å². The van der Waals surface area contributed by atoms with Gasteiger partial charge in [0.15, 0.2) is 12.0 Å². The van der Waals surface area contributed by atoms with Crippen molar-refractivity contribution in [3.63, 3.8) is 0 Å². The molecule has 1 amide bonds. The quantitative estimate of drug-likeness (QED) is 0.712. The number of rotatable bonds is 5. The highest BCUT2D eigenvalue weighted by atomic mass is 16.4. The van der Waals surface area contributed by atoms with E-state index in [2.05, 4.69) is 20.4 Å². The average molecular weight is 288 g/mol. The predicted octanol–water partition coefficient (Wildman–Crippen LogP) is -0.585. The number of carbonyl (C=O) groups excluding carboxylic acids is 1. The molecule has 0 aromatic carbocycles. The Labute approximate surface area is 120 Å². The first kappa shape index (κ1) is 14.5. The van der Waals surface area contributed by atoms with Gasteiger partial charge in [-0.3, -0.25) is 9.59 Å². The van der Waals surface area contributed by atoms with Crippen molar-refractivity contribution >= 4 is 11.9 Å². The molecule has 8 heteroatoms. The molecule has 0 fully saturated rings. The van der Waals surface area contributed by atoms with Crippen LogP contribution in [0.15, 0.2) is 36.9 Å². The third kappa shape index (κ3) is 4.03. The molecule has 2 rings (SSSR count). The van der Waals surface area contributed by atoms with E-state index in [1.807, 2.05) is 0 Å². The fourth-order valence-corrected chi connectivity index (χ4v) is 1.55. The number of hydrogen-bond donors (Lipinski definition) is 2. The Hall–Kier alpha value is -2.90. The zero-order valence-corrected chi connectivity index (χ0v) is 11.3. The summed E-state index contributed by atoms with van der Waals surface area (Å²) in [5.74, 6) is -0.968. The highest BCUT2D eigenvalue weighted by molar-refractivity contribution is 5.82. The summed E-state index contributed by atoms with van der Waals surface area (Å²) in [6.07, 6.45) is 6.41. The van der Waals surface area contributed by atoms with E-state index in [4.69, 9.17) is 5.11 Å². The van der Waals surface area contributed by atoms with Crippen LogP contribution in [0.25, 0.3) is 11.4 Å². The van der Waals surface area contributed by atoms with Gasteiger partial charge in [0.25, 0.3) is 12.5 Å². The molecular weight excluding hydrogens is 274 g/mol. The highest BCUT2D eigenvalue weighted by Crippen LogP contribution is 2.08. The van der Waals surface area contributed by atoms with Crippen LogP contribution in [0, 0.1) is 0 Å². The fourth-order valence-electron chi connectivity index (χ4n) is 1.55. The van der Waals surface area contributed by atoms with Crippen LogP contribution in [-0.2, 0) is 16.1 Å². The lowest BCUT2D eigenvalue weighted by molar-refractivity contribution is -0.742. The molecule has 2 N–H and O–H groups in total. The van der Waals surface area contributed by atoms with Crippen LogP contribution in [0.2, 0.25) is 0 Å². The number of carboxylic acids is 1. The lowest BCUT2D eigenvalue weighted by atomic mass is 10.3. The van der Waals surface area contributed by atoms with Gasteiger partial charge < -0.3 is 10.4 Å². The molecule has 0 aliphatic heterocycles. The largest absolute Gasteiger partial charge is 0.480 e. The Bertz CT molecular complexity index is 630. The summed E-state index contributed by atoms with van der Waals surface area (Å²) in [6, 6.07) is 2.51. The van der Waals surface area contributed by atoms with Crippen molar-refractivity contribution in [3.05, 3.63) is 36.9 Å². The van der Waals surface area contributed by atoms with E-state index < -0.39 is 17.9 Å². The monoisotopic (exact) mass is 288 g/mol. The summed E-state index contributed by atoms with van der Waals surface area (Å²) in [4.78, 5) is 30.4. The first-order valence-electron chi connectivity index (χ1n) is 6.21. The normalized spacial score (nSPS) is 11.7. The van der Waals surface area contributed by atoms with Crippen LogP contribution >= 0.6 is 0 Å². The Morgan fingerprint density at radius 3 is 2.67 bits per heavy atom. The number of aromatic nitrogens is 4. The van der Waals surface area contributed by atoms with Gasteiger partial charge in [0.2, 0.25) is 0 Å². The summed E-state index contributed by atoms with van der Waals surface area (Å²) in [5, 5.41) is 15.1. The summed E-state index contributed by atoms with van der Waals surface area (Å²) in [5.41, 5.74) is 0.728. The van der Waals surface area contributed by atoms with Crippen LogP contribution < -0.4 is 10.00 Å². The van der Waals surface area contributed by atoms with Gasteiger partial charge in [0.05, 0.1) is 0 Å². The van der Waals surface area contributed by atoms with E-state index in [-0.39, 0.29) is 6.54 Å². The second kappa shape index (κ2) is 6.51. The van der Waals surface area contributed by atoms with Crippen LogP contribution in [0.3, 0.4) is 0 Å². The van der Waals surface area contributed by atoms with Crippen molar-refractivity contribution in [2.75, 3.05) is 0 Å². The van der Waals surface area contributed by atoms with Gasteiger partial charge in [-0.2, -0.15) is 0 Å². The third-order valence-corrected chi connectivity index (χ3v) is 2.65. The van der Waals surface area contributed by atoms with Gasteiger partial charge in [-0.25, -0.2) is 9.97 Å². The molecule has 21 heavy (non-hydrogen) atoms. The molecule has 2 heterocycles. The van der Waals surface area contributed by atoms with E-state index in [9.17, 15) is 9.59 Å². The minimum absolute atomic E-state index is 0.0620. The molecule has 0 bridgehead atoms. The Kier molecular flexibility index (Phi) is 4.50. The van der Waals surface area contributed by atoms with Gasteiger partial charge in [-0.15, -0.1) is 0 Å². The van der Waals surface area contributed by atoms with E-state index in [0.717, 1.165) is 5.56 Å². The summed E-state index contributed by atoms with van der Waals surface area (Å²) in [7, 11) is 0. The van der Waals surface area contributed by atoms with Crippen LogP contribution in [0.4, 0.5) is 0 Å². The highest BCUT2D eigenvalue weighted by Gasteiger charge is 2.17. The lowest BCUT2D eigenvalue weighted by Crippen LogP contribution is -2.48. The first-order chi connectivity index (χ1) is 10.1. The molecule has 2 aromatic heterocycles. The number of carboxylic acid groups (broad SMARTS) is 1. The first-order valence-corrected chi connectivity index (χ1v) is 6.21. The maximum atomic E-state index is 11.6. The molecule has 0 spiro atoms. The number of nitrogens with zero attached hydrogens (tertiary/aromatic N) is 4. The summed E-state index contributed by atoms with van der Waals surface area (Å²) < 4.78 is 1.40. The summed E-state index contributed by atoms with van der Waals surface area (Å²) in [6.45, 7) is 1.34. The van der Waals surface area contributed by atoms with E-state index >= 15 is 0 Å². The zero-order valence-electron chi connectivity index (χ0n) is 11.3. The summed E-state index contributed by atoms with van der Waals surface area (Å²) >= 11 is 0. The smallest absolute Gasteiger partial charge is 0.325 e. The molecule has 0 radical (unpaired) electrons. The Morgan fingerprint density at radius 2 is 2.10 bits per heavy atom. The average Bonchev–Trinajstić information content (AvgIpc) is 2.48. The molecule has 0 saturated heterocycles. The van der Waals surface area contributed by atoms with Crippen molar-refractivity contribution in [3.8, 4) is 11.4 Å². The van der Waals surface area contributed by atoms with Crippen molar-refractivity contribution in [2.24, 2.45) is 0 Å². The molecule has 0 saturated carbocycles. The fraction of sp³-hybridized carbons (Fsp3) is 0.231. The van der Waals surface area contributed by atoms with Crippen LogP contribution in [0.1, 0.15) is 6.92 Å². The van der Waals surface area contributed by atoms with E-state index in [1.54, 1.807) is 36.9 Å². The Balaban J connectivity index is 2.00. The topological polar surface area (TPSA) is 109 Å². The standard InChI is InChI=1S/C13H13N5O3/c1-9(13(20)21)17-11(19)8-18-6-3-10(7-16-18)12-14-4-2-5-15-12/h2-7,9H,8H2,1H3,(H-,17,19,20,21)/p+1. The van der Waals surface area contributed by atoms with Gasteiger partial charge in [0, 0.05) is 24.0 Å². The molecule has 0 aliphatic rings. The van der Waals surface area contributed by atoms with Gasteiger partial charge in [-0.1, -0.05) is 4.68 Å². The maximum Gasteiger partial charge on any atom is 0.325 e. The SMILES string of the molecule is CC(NC(=O)C[n+]1ccc(-c2ncccn2)cn1)C(=O)O. The molecule has 8 nitrogen and oxygen atoms in total. The van der Waals surface area contributed by atoms with Gasteiger partial charge >= 0.3 is 5.97 Å². The van der Waals surface area contributed by atoms with Gasteiger partial charge in [0.1, 0.15) is 12.2 Å². The zero-order chi connectivity index (χ0) is 15.2. The number of hydrogen-bond acceptors (Lipinski definition) is 5. The van der Waals surface area contributed by atoms with Crippen molar-refractivity contribution in [2.45, 2.75) is 19.5 Å². The second-order valence-electron chi connectivity index (χ2n) is 4.31. The van der Waals surface area contributed by atoms with Crippen molar-refractivity contribution in [1.29, 1.82) is 0 Å². The predicted molar refractivity (Wildman–Crippen MR) is 70.7 cm³/mol. The second-order valence-corrected chi connectivity index (χ2v) is 4.31. The molecule has 108 valence electrons. The molecule has 0 aliphatic carbocycles. The molecular formula is C13H14N5O3+. The van der Waals surface area contributed by atoms with Crippen molar-refractivity contribution < 1.29 is 19.4 Å². The van der Waals surface area contributed by atoms with Gasteiger partial charge in [-0.05, 0) is 18.1 Å². The lowest BCUT2D eigenvalue weighted by Gasteiger charge is -2.06. The maximum absolute atomic E-state index is 11.6. The van der Waals surface area contributed by atoms with Crippen LogP contribution in [-0.4, -0.2) is 38.1 Å². The van der Waals surface area contributed by atoms with E-state index in [0.29, 0.717) is 5.82 Å². The number of nitrogens with one attached hydrogen (secondary N) is 1. The number of amides is 1. The molecule has 1 atom stereocenters. The van der Waals surface area contributed by atoms with Crippen LogP contribution in [0.5, 0.6) is 0 Å². The molecule has 1 unspecified atom stereocenters. The minimum atomic E-state index is -1.09. The minimum Gasteiger partial charge on any atom is -0.480 e. The Morgan fingerprint density at radius 1 is 1.38 bits per heavy atom. The third-order valence-electron chi connectivity index (χ3n) is 2.65.